The Morgan fingerprint density at radius 3 is 2.46 bits per heavy atom. The molecular weight excluding hydrogens is 356 g/mol. The van der Waals surface area contributed by atoms with Gasteiger partial charge < -0.3 is 19.3 Å². The van der Waals surface area contributed by atoms with E-state index in [0.717, 1.165) is 5.56 Å². The average molecular weight is 376 g/mol. The molecule has 0 aliphatic rings. The van der Waals surface area contributed by atoms with Crippen molar-refractivity contribution in [2.45, 2.75) is 23.3 Å². The number of carbonyl (C=O) groups excluding carboxylic acids is 2. The number of methoxy groups -OCH3 is 3. The molecule has 7 heteroatoms. The first kappa shape index (κ1) is 19.8. The minimum Gasteiger partial charge on any atom is -0.496 e. The van der Waals surface area contributed by atoms with Gasteiger partial charge in [0.25, 0.3) is 0 Å². The molecule has 2 rings (SSSR count). The van der Waals surface area contributed by atoms with Crippen molar-refractivity contribution in [1.29, 1.82) is 0 Å². The number of benzene rings is 2. The topological polar surface area (TPSA) is 82.1 Å². The number of carbonyl (C=O) groups is 2. The Bertz CT molecular complexity index is 806. The first-order chi connectivity index (χ1) is 12.5. The third kappa shape index (κ3) is 3.84. The van der Waals surface area contributed by atoms with E-state index in [1.54, 1.807) is 12.1 Å². The van der Waals surface area contributed by atoms with Gasteiger partial charge in [0.1, 0.15) is 17.1 Å². The molecule has 0 saturated heterocycles. The number of aliphatic hydroxyl groups excluding tert-OH is 1. The van der Waals surface area contributed by atoms with Crippen LogP contribution in [0.4, 0.5) is 0 Å². The Morgan fingerprint density at radius 2 is 1.92 bits per heavy atom. The molecule has 0 heterocycles. The van der Waals surface area contributed by atoms with Crippen LogP contribution in [0.25, 0.3) is 0 Å². The van der Waals surface area contributed by atoms with Gasteiger partial charge in [-0.2, -0.15) is 0 Å². The number of hydrogen-bond acceptors (Lipinski definition) is 7. The molecule has 0 aliphatic heterocycles. The second-order valence-corrected chi connectivity index (χ2v) is 6.44. The molecule has 1 N–H and O–H groups in total. The minimum atomic E-state index is -0.621. The number of aryl methyl sites for hydroxylation is 1. The molecule has 0 bridgehead atoms. The van der Waals surface area contributed by atoms with Crippen molar-refractivity contribution in [3.63, 3.8) is 0 Å². The zero-order valence-electron chi connectivity index (χ0n) is 15.0. The van der Waals surface area contributed by atoms with Crippen molar-refractivity contribution < 1.29 is 28.9 Å². The highest BCUT2D eigenvalue weighted by molar-refractivity contribution is 7.99. The van der Waals surface area contributed by atoms with Gasteiger partial charge in [0.2, 0.25) is 0 Å². The second kappa shape index (κ2) is 8.73. The van der Waals surface area contributed by atoms with Crippen LogP contribution in [0.2, 0.25) is 0 Å². The molecule has 6 nitrogen and oxygen atoms in total. The fraction of sp³-hybridized carbons (Fsp3) is 0.263. The molecule has 0 saturated carbocycles. The first-order valence-electron chi connectivity index (χ1n) is 7.71. The Morgan fingerprint density at radius 1 is 1.19 bits per heavy atom. The van der Waals surface area contributed by atoms with E-state index in [9.17, 15) is 14.7 Å². The van der Waals surface area contributed by atoms with Gasteiger partial charge in [0.15, 0.2) is 6.29 Å². The van der Waals surface area contributed by atoms with Crippen LogP contribution in [0.1, 0.15) is 31.8 Å². The minimum absolute atomic E-state index is 0.147. The fourth-order valence-corrected chi connectivity index (χ4v) is 3.71. The molecule has 0 aliphatic carbocycles. The van der Waals surface area contributed by atoms with Crippen LogP contribution in [-0.4, -0.2) is 38.7 Å². The van der Waals surface area contributed by atoms with E-state index in [1.807, 2.05) is 19.1 Å². The smallest absolute Gasteiger partial charge is 0.342 e. The molecule has 0 radical (unpaired) electrons. The number of ether oxygens (including phenoxy) is 3. The summed E-state index contributed by atoms with van der Waals surface area (Å²) in [6, 6.07) is 6.90. The highest BCUT2D eigenvalue weighted by Gasteiger charge is 2.24. The van der Waals surface area contributed by atoms with Crippen molar-refractivity contribution in [1.82, 2.24) is 0 Å². The van der Waals surface area contributed by atoms with Crippen LogP contribution in [0, 0.1) is 6.92 Å². The Kier molecular flexibility index (Phi) is 6.65. The van der Waals surface area contributed by atoms with Crippen LogP contribution >= 0.6 is 11.8 Å². The monoisotopic (exact) mass is 376 g/mol. The van der Waals surface area contributed by atoms with Crippen molar-refractivity contribution in [2.24, 2.45) is 0 Å². The van der Waals surface area contributed by atoms with Crippen LogP contribution in [-0.2, 0) is 11.3 Å². The van der Waals surface area contributed by atoms with Gasteiger partial charge in [-0.15, -0.1) is 0 Å². The summed E-state index contributed by atoms with van der Waals surface area (Å²) in [4.78, 5) is 24.8. The van der Waals surface area contributed by atoms with Gasteiger partial charge in [-0.05, 0) is 36.2 Å². The van der Waals surface area contributed by atoms with Gasteiger partial charge in [-0.25, -0.2) is 4.79 Å². The van der Waals surface area contributed by atoms with Gasteiger partial charge in [-0.3, -0.25) is 4.79 Å². The number of aldehydes is 1. The standard InChI is InChI=1S/C19H20O6S/c1-11-7-13(10-21)18(14(8-11)23-2)26-15-6-5-12(9-20)17(24-3)16(15)19(22)25-4/h5-9,21H,10H2,1-4H3. The summed E-state index contributed by atoms with van der Waals surface area (Å²) in [5, 5.41) is 9.72. The van der Waals surface area contributed by atoms with Gasteiger partial charge >= 0.3 is 5.97 Å². The van der Waals surface area contributed by atoms with E-state index in [-0.39, 0.29) is 23.5 Å². The highest BCUT2D eigenvalue weighted by Crippen LogP contribution is 2.42. The number of esters is 1. The van der Waals surface area contributed by atoms with Crippen molar-refractivity contribution in [3.05, 3.63) is 46.5 Å². The van der Waals surface area contributed by atoms with E-state index in [4.69, 9.17) is 14.2 Å². The molecule has 26 heavy (non-hydrogen) atoms. The third-order valence-electron chi connectivity index (χ3n) is 3.75. The quantitative estimate of drug-likeness (QED) is 0.587. The number of aliphatic hydroxyl groups is 1. The lowest BCUT2D eigenvalue weighted by atomic mass is 10.1. The maximum absolute atomic E-state index is 12.3. The summed E-state index contributed by atoms with van der Waals surface area (Å²) >= 11 is 1.24. The van der Waals surface area contributed by atoms with Crippen LogP contribution in [0.3, 0.4) is 0 Å². The molecule has 0 atom stereocenters. The molecule has 2 aromatic rings. The van der Waals surface area contributed by atoms with Gasteiger partial charge in [-0.1, -0.05) is 17.8 Å². The van der Waals surface area contributed by atoms with E-state index in [2.05, 4.69) is 0 Å². The maximum Gasteiger partial charge on any atom is 0.342 e. The Labute approximate surface area is 156 Å². The Hall–Kier alpha value is -2.51. The second-order valence-electron chi connectivity index (χ2n) is 5.39. The number of rotatable bonds is 7. The summed E-state index contributed by atoms with van der Waals surface area (Å²) < 4.78 is 15.6. The normalized spacial score (nSPS) is 10.3. The summed E-state index contributed by atoms with van der Waals surface area (Å²) in [5.41, 5.74) is 2.00. The lowest BCUT2D eigenvalue weighted by molar-refractivity contribution is 0.0593. The van der Waals surface area contributed by atoms with E-state index in [1.165, 1.54) is 33.1 Å². The average Bonchev–Trinajstić information content (AvgIpc) is 2.67. The lowest BCUT2D eigenvalue weighted by Crippen LogP contribution is -2.08. The summed E-state index contributed by atoms with van der Waals surface area (Å²) in [5.74, 6) is 0.103. The van der Waals surface area contributed by atoms with Crippen molar-refractivity contribution >= 4 is 24.0 Å². The molecule has 0 fully saturated rings. The maximum atomic E-state index is 12.3. The largest absolute Gasteiger partial charge is 0.496 e. The zero-order valence-corrected chi connectivity index (χ0v) is 15.8. The predicted octanol–water partition coefficient (Wildman–Crippen LogP) is 3.25. The van der Waals surface area contributed by atoms with Crippen LogP contribution in [0.15, 0.2) is 34.1 Å². The van der Waals surface area contributed by atoms with E-state index >= 15 is 0 Å². The molecular formula is C19H20O6S. The van der Waals surface area contributed by atoms with E-state index in [0.29, 0.717) is 27.4 Å². The zero-order chi connectivity index (χ0) is 19.3. The summed E-state index contributed by atoms with van der Waals surface area (Å²) in [6.45, 7) is 1.72. The number of hydrogen-bond donors (Lipinski definition) is 1. The molecule has 0 aromatic heterocycles. The summed E-state index contributed by atoms with van der Waals surface area (Å²) in [6.07, 6.45) is 0.616. The molecule has 138 valence electrons. The molecule has 0 spiro atoms. The van der Waals surface area contributed by atoms with Crippen LogP contribution in [0.5, 0.6) is 11.5 Å². The van der Waals surface area contributed by atoms with Crippen molar-refractivity contribution in [2.75, 3.05) is 21.3 Å². The third-order valence-corrected chi connectivity index (χ3v) is 4.98. The highest BCUT2D eigenvalue weighted by atomic mass is 32.2. The van der Waals surface area contributed by atoms with Crippen LogP contribution < -0.4 is 9.47 Å². The lowest BCUT2D eigenvalue weighted by Gasteiger charge is -2.17. The molecule has 2 aromatic carbocycles. The predicted molar refractivity (Wildman–Crippen MR) is 97.5 cm³/mol. The summed E-state index contributed by atoms with van der Waals surface area (Å²) in [7, 11) is 4.18. The Balaban J connectivity index is 2.67. The van der Waals surface area contributed by atoms with E-state index < -0.39 is 5.97 Å². The van der Waals surface area contributed by atoms with Gasteiger partial charge in [0, 0.05) is 4.90 Å². The molecule has 0 amide bonds. The first-order valence-corrected chi connectivity index (χ1v) is 8.53. The SMILES string of the molecule is COC(=O)c1c(Sc2c(CO)cc(C)cc2OC)ccc(C=O)c1OC. The molecule has 0 unspecified atom stereocenters. The fourth-order valence-electron chi connectivity index (χ4n) is 2.58. The van der Waals surface area contributed by atoms with Crippen molar-refractivity contribution in [3.8, 4) is 11.5 Å². The van der Waals surface area contributed by atoms with Gasteiger partial charge in [0.05, 0.1) is 38.4 Å².